The second-order valence-corrected chi connectivity index (χ2v) is 9.27. The van der Waals surface area contributed by atoms with Gasteiger partial charge >= 0.3 is 11.9 Å². The minimum atomic E-state index is -1.33. The summed E-state index contributed by atoms with van der Waals surface area (Å²) in [6, 6.07) is 12.6. The number of carbonyl (C=O) groups is 2. The van der Waals surface area contributed by atoms with Crippen molar-refractivity contribution in [1.29, 1.82) is 0 Å². The van der Waals surface area contributed by atoms with Gasteiger partial charge in [-0.2, -0.15) is 5.10 Å². The molecule has 3 heterocycles. The number of ether oxygens (including phenoxy) is 3. The molecule has 1 saturated heterocycles. The van der Waals surface area contributed by atoms with Crippen molar-refractivity contribution in [1.82, 2.24) is 14.6 Å². The van der Waals surface area contributed by atoms with E-state index in [4.69, 9.17) is 19.9 Å². The third-order valence-electron chi connectivity index (χ3n) is 6.07. The highest BCUT2D eigenvalue weighted by Gasteiger charge is 2.56. The van der Waals surface area contributed by atoms with Crippen molar-refractivity contribution in [3.63, 3.8) is 0 Å². The molecule has 0 saturated carbocycles. The van der Waals surface area contributed by atoms with Crippen LogP contribution in [0.1, 0.15) is 38.4 Å². The minimum Gasteiger partial charge on any atom is -0.463 e. The molecule has 3 N–H and O–H groups in total. The molecular weight excluding hydrogens is 452 g/mol. The molecule has 2 aromatic heterocycles. The summed E-state index contributed by atoms with van der Waals surface area (Å²) >= 11 is 0. The number of anilines is 1. The number of nitrogen functional groups attached to an aromatic ring is 1. The van der Waals surface area contributed by atoms with Gasteiger partial charge in [0, 0.05) is 6.42 Å². The second kappa shape index (κ2) is 10.0. The molecule has 0 radical (unpaired) electrons. The molecule has 1 aromatic carbocycles. The van der Waals surface area contributed by atoms with E-state index in [0.717, 1.165) is 5.56 Å². The van der Waals surface area contributed by atoms with Crippen LogP contribution in [0.5, 0.6) is 0 Å². The van der Waals surface area contributed by atoms with E-state index in [2.05, 4.69) is 10.1 Å². The number of benzene rings is 1. The molecule has 35 heavy (non-hydrogen) atoms. The van der Waals surface area contributed by atoms with Gasteiger partial charge in [-0.3, -0.25) is 9.59 Å². The van der Waals surface area contributed by atoms with Crippen molar-refractivity contribution in [3.8, 4) is 0 Å². The van der Waals surface area contributed by atoms with Gasteiger partial charge in [-0.1, -0.05) is 44.2 Å². The van der Waals surface area contributed by atoms with E-state index < -0.39 is 35.9 Å². The Morgan fingerprint density at radius 1 is 1.20 bits per heavy atom. The monoisotopic (exact) mass is 482 g/mol. The Bertz CT molecular complexity index is 1200. The number of rotatable bonds is 8. The Morgan fingerprint density at radius 3 is 2.66 bits per heavy atom. The zero-order valence-electron chi connectivity index (χ0n) is 20.0. The van der Waals surface area contributed by atoms with E-state index in [0.29, 0.717) is 11.2 Å². The van der Waals surface area contributed by atoms with E-state index in [1.54, 1.807) is 19.1 Å². The van der Waals surface area contributed by atoms with E-state index in [1.807, 2.05) is 44.2 Å². The second-order valence-electron chi connectivity index (χ2n) is 9.27. The molecule has 1 aliphatic rings. The lowest BCUT2D eigenvalue weighted by atomic mass is 9.93. The standard InChI is InChI=1S/C25H30N4O6/c1-15(2)11-20(30)33-13-18-22(34-21(31)12-16-7-5-4-6-8-16)23(32)25(3,35-18)19-10-9-17-24(26)27-14-28-29(17)19/h4-10,14-15,18,22-23,32H,11-13H2,1-3H3,(H2,26,27,28)/t18-,22-,23-,25+/m1/s1. The van der Waals surface area contributed by atoms with Crippen LogP contribution in [-0.4, -0.2) is 56.6 Å². The van der Waals surface area contributed by atoms with Crippen molar-refractivity contribution >= 4 is 23.3 Å². The fraction of sp³-hybridized carbons (Fsp3) is 0.440. The van der Waals surface area contributed by atoms with Gasteiger partial charge in [0.1, 0.15) is 36.3 Å². The van der Waals surface area contributed by atoms with Crippen LogP contribution in [0.2, 0.25) is 0 Å². The van der Waals surface area contributed by atoms with E-state index >= 15 is 0 Å². The molecule has 1 aliphatic heterocycles. The van der Waals surface area contributed by atoms with Crippen molar-refractivity contribution in [2.24, 2.45) is 5.92 Å². The Balaban J connectivity index is 1.60. The van der Waals surface area contributed by atoms with Gasteiger partial charge in [-0.25, -0.2) is 9.50 Å². The van der Waals surface area contributed by atoms with Crippen LogP contribution >= 0.6 is 0 Å². The van der Waals surface area contributed by atoms with Crippen molar-refractivity contribution < 1.29 is 28.9 Å². The largest absolute Gasteiger partial charge is 0.463 e. The number of aromatic nitrogens is 3. The topological polar surface area (TPSA) is 138 Å². The van der Waals surface area contributed by atoms with E-state index in [1.165, 1.54) is 10.8 Å². The zero-order valence-corrected chi connectivity index (χ0v) is 20.0. The van der Waals surface area contributed by atoms with Crippen LogP contribution in [-0.2, 0) is 35.8 Å². The Morgan fingerprint density at radius 2 is 1.94 bits per heavy atom. The zero-order chi connectivity index (χ0) is 25.2. The fourth-order valence-electron chi connectivity index (χ4n) is 4.30. The number of esters is 2. The summed E-state index contributed by atoms with van der Waals surface area (Å²) in [5, 5.41) is 15.6. The molecule has 0 bridgehead atoms. The number of hydrogen-bond donors (Lipinski definition) is 2. The van der Waals surface area contributed by atoms with E-state index in [9.17, 15) is 14.7 Å². The normalized spacial score (nSPS) is 24.1. The van der Waals surface area contributed by atoms with Crippen molar-refractivity contribution in [3.05, 3.63) is 60.0 Å². The van der Waals surface area contributed by atoms with Crippen LogP contribution in [0, 0.1) is 5.92 Å². The lowest BCUT2D eigenvalue weighted by Gasteiger charge is -2.27. The number of aliphatic hydroxyl groups excluding tert-OH is 1. The SMILES string of the molecule is CC(C)CC(=O)OC[C@H]1O[C@@](C)(c2ccc3c(N)ncnn23)[C@H](O)[C@@H]1OC(=O)Cc1ccccc1. The van der Waals surface area contributed by atoms with E-state index in [-0.39, 0.29) is 31.2 Å². The summed E-state index contributed by atoms with van der Waals surface area (Å²) in [7, 11) is 0. The summed E-state index contributed by atoms with van der Waals surface area (Å²) < 4.78 is 18.9. The predicted molar refractivity (Wildman–Crippen MR) is 126 cm³/mol. The molecule has 0 spiro atoms. The Kier molecular flexibility index (Phi) is 7.04. The van der Waals surface area contributed by atoms with Gasteiger partial charge < -0.3 is 25.1 Å². The van der Waals surface area contributed by atoms with Crippen molar-refractivity contribution in [2.75, 3.05) is 12.3 Å². The maximum absolute atomic E-state index is 12.8. The van der Waals surface area contributed by atoms with Gasteiger partial charge in [-0.05, 0) is 30.5 Å². The highest BCUT2D eigenvalue weighted by atomic mass is 16.6. The smallest absolute Gasteiger partial charge is 0.310 e. The highest BCUT2D eigenvalue weighted by Crippen LogP contribution is 2.41. The van der Waals surface area contributed by atoms with Gasteiger partial charge in [0.2, 0.25) is 0 Å². The molecule has 10 nitrogen and oxygen atoms in total. The number of aliphatic hydroxyl groups is 1. The Labute approximate surface area is 203 Å². The molecule has 0 aliphatic carbocycles. The molecule has 0 unspecified atom stereocenters. The first-order valence-electron chi connectivity index (χ1n) is 11.5. The van der Waals surface area contributed by atoms with Crippen LogP contribution in [0.15, 0.2) is 48.8 Å². The molecular formula is C25H30N4O6. The first-order chi connectivity index (χ1) is 16.7. The average Bonchev–Trinajstić information content (AvgIpc) is 3.35. The number of nitrogens with two attached hydrogens (primary N) is 1. The number of carbonyl (C=O) groups excluding carboxylic acids is 2. The lowest BCUT2D eigenvalue weighted by molar-refractivity contribution is -0.160. The predicted octanol–water partition coefficient (Wildman–Crippen LogP) is 2.03. The first kappa shape index (κ1) is 24.6. The van der Waals surface area contributed by atoms with Crippen molar-refractivity contribution in [2.45, 2.75) is 57.5 Å². The third-order valence-corrected chi connectivity index (χ3v) is 6.07. The molecule has 0 amide bonds. The quantitative estimate of drug-likeness (QED) is 0.462. The Hall–Kier alpha value is -3.50. The number of nitrogens with zero attached hydrogens (tertiary/aromatic N) is 3. The molecule has 4 rings (SSSR count). The molecule has 4 atom stereocenters. The highest BCUT2D eigenvalue weighted by molar-refractivity contribution is 5.73. The summed E-state index contributed by atoms with van der Waals surface area (Å²) in [6.07, 6.45) is -1.67. The molecule has 10 heteroatoms. The minimum absolute atomic E-state index is 0.0262. The summed E-state index contributed by atoms with van der Waals surface area (Å²) in [5.74, 6) is -0.528. The van der Waals surface area contributed by atoms with Crippen LogP contribution in [0.3, 0.4) is 0 Å². The maximum atomic E-state index is 12.8. The van der Waals surface area contributed by atoms with Gasteiger partial charge in [0.25, 0.3) is 0 Å². The fourth-order valence-corrected chi connectivity index (χ4v) is 4.30. The maximum Gasteiger partial charge on any atom is 0.310 e. The van der Waals surface area contributed by atoms with Gasteiger partial charge in [0.15, 0.2) is 11.9 Å². The van der Waals surface area contributed by atoms with Gasteiger partial charge in [-0.15, -0.1) is 0 Å². The summed E-state index contributed by atoms with van der Waals surface area (Å²) in [5.41, 5.74) is 6.44. The average molecular weight is 483 g/mol. The number of fused-ring (bicyclic) bond motifs is 1. The third kappa shape index (κ3) is 5.13. The van der Waals surface area contributed by atoms with Crippen LogP contribution < -0.4 is 5.73 Å². The van der Waals surface area contributed by atoms with Gasteiger partial charge in [0.05, 0.1) is 12.1 Å². The molecule has 186 valence electrons. The summed E-state index contributed by atoms with van der Waals surface area (Å²) in [4.78, 5) is 28.9. The summed E-state index contributed by atoms with van der Waals surface area (Å²) in [6.45, 7) is 5.31. The van der Waals surface area contributed by atoms with Crippen LogP contribution in [0.4, 0.5) is 5.82 Å². The first-order valence-corrected chi connectivity index (χ1v) is 11.5. The molecule has 1 fully saturated rings. The number of hydrogen-bond acceptors (Lipinski definition) is 9. The lowest BCUT2D eigenvalue weighted by Crippen LogP contribution is -2.42. The van der Waals surface area contributed by atoms with Crippen LogP contribution in [0.25, 0.3) is 5.52 Å². The molecule has 3 aromatic rings.